The number of carboxylic acid groups (broad SMARTS) is 1. The van der Waals surface area contributed by atoms with Crippen molar-refractivity contribution < 1.29 is 14.7 Å². The molecule has 1 aliphatic rings. The fourth-order valence-corrected chi connectivity index (χ4v) is 2.94. The fraction of sp³-hybridized carbons (Fsp3) is 0.667. The average molecular weight is 314 g/mol. The molecular formula is C12H18N4O4S. The number of aromatic amines is 1. The van der Waals surface area contributed by atoms with E-state index in [1.165, 1.54) is 4.57 Å². The highest BCUT2D eigenvalue weighted by Crippen LogP contribution is 2.14. The zero-order valence-corrected chi connectivity index (χ0v) is 12.4. The molecule has 1 saturated heterocycles. The van der Waals surface area contributed by atoms with Crippen molar-refractivity contribution in [3.05, 3.63) is 10.5 Å². The molecule has 1 fully saturated rings. The molecule has 116 valence electrons. The normalized spacial score (nSPS) is 15.1. The molecule has 0 aromatic carbocycles. The molecule has 2 rings (SSSR count). The Morgan fingerprint density at radius 3 is 2.67 bits per heavy atom. The number of hydrogen-bond acceptors (Lipinski definition) is 5. The summed E-state index contributed by atoms with van der Waals surface area (Å²) in [7, 11) is 0. The lowest BCUT2D eigenvalue weighted by atomic mass is 10.1. The van der Waals surface area contributed by atoms with Gasteiger partial charge in [-0.3, -0.25) is 14.2 Å². The van der Waals surface area contributed by atoms with Crippen LogP contribution in [-0.4, -0.2) is 55.5 Å². The fourth-order valence-electron chi connectivity index (χ4n) is 2.25. The molecule has 1 aliphatic heterocycles. The van der Waals surface area contributed by atoms with Gasteiger partial charge in [0.05, 0.1) is 5.75 Å². The van der Waals surface area contributed by atoms with Gasteiger partial charge < -0.3 is 10.0 Å². The van der Waals surface area contributed by atoms with Crippen LogP contribution in [0.4, 0.5) is 0 Å². The molecule has 0 bridgehead atoms. The van der Waals surface area contributed by atoms with Gasteiger partial charge in [0.25, 0.3) is 0 Å². The van der Waals surface area contributed by atoms with Crippen LogP contribution in [0.5, 0.6) is 0 Å². The molecule has 9 heteroatoms. The SMILES string of the molecule is O=C(O)CSc1n[nH]c(=O)n1CCC(=O)N1CCCCC1. The third-order valence-electron chi connectivity index (χ3n) is 3.31. The van der Waals surface area contributed by atoms with E-state index in [0.717, 1.165) is 44.1 Å². The summed E-state index contributed by atoms with van der Waals surface area (Å²) in [5.74, 6) is -1.13. The standard InChI is InChI=1S/C12H18N4O4S/c17-9(15-5-2-1-3-6-15)4-7-16-11(20)13-14-12(16)21-8-10(18)19/h1-8H2,(H,13,20)(H,18,19). The van der Waals surface area contributed by atoms with E-state index in [0.29, 0.717) is 5.16 Å². The second kappa shape index (κ2) is 7.30. The summed E-state index contributed by atoms with van der Waals surface area (Å²) in [6.45, 7) is 1.77. The molecule has 1 aromatic heterocycles. The van der Waals surface area contributed by atoms with Crippen LogP contribution >= 0.6 is 11.8 Å². The van der Waals surface area contributed by atoms with Gasteiger partial charge in [-0.05, 0) is 19.3 Å². The molecule has 0 spiro atoms. The Labute approximate surface area is 125 Å². The molecule has 0 saturated carbocycles. The number of carbonyl (C=O) groups is 2. The molecule has 0 atom stereocenters. The Morgan fingerprint density at radius 2 is 2.00 bits per heavy atom. The van der Waals surface area contributed by atoms with E-state index in [-0.39, 0.29) is 24.6 Å². The first-order chi connectivity index (χ1) is 10.1. The summed E-state index contributed by atoms with van der Waals surface area (Å²) in [5.41, 5.74) is -0.422. The summed E-state index contributed by atoms with van der Waals surface area (Å²) in [5, 5.41) is 15.0. The van der Waals surface area contributed by atoms with E-state index in [1.54, 1.807) is 0 Å². The Balaban J connectivity index is 1.92. The first kappa shape index (κ1) is 15.6. The first-order valence-electron chi connectivity index (χ1n) is 6.85. The number of nitrogens with zero attached hydrogens (tertiary/aromatic N) is 3. The highest BCUT2D eigenvalue weighted by Gasteiger charge is 2.18. The zero-order valence-electron chi connectivity index (χ0n) is 11.6. The van der Waals surface area contributed by atoms with E-state index < -0.39 is 11.7 Å². The van der Waals surface area contributed by atoms with Gasteiger partial charge in [-0.2, -0.15) is 0 Å². The molecule has 1 aromatic rings. The number of amides is 1. The van der Waals surface area contributed by atoms with Crippen LogP contribution in [0.1, 0.15) is 25.7 Å². The molecule has 1 amide bonds. The van der Waals surface area contributed by atoms with Crippen molar-refractivity contribution in [3.63, 3.8) is 0 Å². The van der Waals surface area contributed by atoms with Crippen molar-refractivity contribution in [2.75, 3.05) is 18.8 Å². The van der Waals surface area contributed by atoms with E-state index in [1.807, 2.05) is 4.90 Å². The number of piperidine rings is 1. The van der Waals surface area contributed by atoms with Gasteiger partial charge in [-0.15, -0.1) is 5.10 Å². The Bertz CT molecular complexity index is 562. The summed E-state index contributed by atoms with van der Waals surface area (Å²) in [6.07, 6.45) is 3.43. The minimum absolute atomic E-state index is 0.0250. The Kier molecular flexibility index (Phi) is 5.43. The zero-order chi connectivity index (χ0) is 15.2. The van der Waals surface area contributed by atoms with Crippen LogP contribution < -0.4 is 5.69 Å². The number of aromatic nitrogens is 3. The first-order valence-corrected chi connectivity index (χ1v) is 7.84. The number of nitrogens with one attached hydrogen (secondary N) is 1. The lowest BCUT2D eigenvalue weighted by Crippen LogP contribution is -2.36. The summed E-state index contributed by atoms with van der Waals surface area (Å²) in [6, 6.07) is 0. The van der Waals surface area contributed by atoms with Crippen LogP contribution in [0, 0.1) is 0 Å². The lowest BCUT2D eigenvalue weighted by molar-refractivity contribution is -0.134. The van der Waals surface area contributed by atoms with Gasteiger partial charge in [0.15, 0.2) is 5.16 Å². The minimum atomic E-state index is -0.980. The number of carbonyl (C=O) groups excluding carboxylic acids is 1. The van der Waals surface area contributed by atoms with E-state index in [4.69, 9.17) is 5.11 Å². The largest absolute Gasteiger partial charge is 0.481 e. The van der Waals surface area contributed by atoms with Crippen molar-refractivity contribution in [2.45, 2.75) is 37.4 Å². The van der Waals surface area contributed by atoms with E-state index in [9.17, 15) is 14.4 Å². The second-order valence-corrected chi connectivity index (χ2v) is 5.78. The quantitative estimate of drug-likeness (QED) is 0.724. The Morgan fingerprint density at radius 1 is 1.29 bits per heavy atom. The van der Waals surface area contributed by atoms with Crippen molar-refractivity contribution in [1.82, 2.24) is 19.7 Å². The second-order valence-electron chi connectivity index (χ2n) is 4.84. The molecule has 8 nitrogen and oxygen atoms in total. The van der Waals surface area contributed by atoms with Crippen LogP contribution in [0.2, 0.25) is 0 Å². The minimum Gasteiger partial charge on any atom is -0.481 e. The van der Waals surface area contributed by atoms with Crippen LogP contribution in [0.15, 0.2) is 9.95 Å². The highest BCUT2D eigenvalue weighted by molar-refractivity contribution is 7.99. The predicted molar refractivity (Wildman–Crippen MR) is 76.3 cm³/mol. The smallest absolute Gasteiger partial charge is 0.343 e. The number of carboxylic acids is 1. The van der Waals surface area contributed by atoms with Crippen LogP contribution in [-0.2, 0) is 16.1 Å². The van der Waals surface area contributed by atoms with E-state index in [2.05, 4.69) is 10.2 Å². The molecule has 2 heterocycles. The topological polar surface area (TPSA) is 108 Å². The van der Waals surface area contributed by atoms with Gasteiger partial charge in [0, 0.05) is 26.1 Å². The van der Waals surface area contributed by atoms with Gasteiger partial charge in [0.2, 0.25) is 5.91 Å². The van der Waals surface area contributed by atoms with Crippen molar-refractivity contribution >= 4 is 23.6 Å². The van der Waals surface area contributed by atoms with Crippen molar-refractivity contribution in [3.8, 4) is 0 Å². The maximum absolute atomic E-state index is 12.1. The maximum Gasteiger partial charge on any atom is 0.343 e. The van der Waals surface area contributed by atoms with Gasteiger partial charge in [-0.25, -0.2) is 9.89 Å². The molecule has 21 heavy (non-hydrogen) atoms. The number of likely N-dealkylation sites (tertiary alicyclic amines) is 1. The van der Waals surface area contributed by atoms with Gasteiger partial charge >= 0.3 is 11.7 Å². The number of aliphatic carboxylic acids is 1. The lowest BCUT2D eigenvalue weighted by Gasteiger charge is -2.26. The van der Waals surface area contributed by atoms with Gasteiger partial charge in [0.1, 0.15) is 0 Å². The predicted octanol–water partition coefficient (Wildman–Crippen LogP) is 0.151. The van der Waals surface area contributed by atoms with Crippen LogP contribution in [0.3, 0.4) is 0 Å². The van der Waals surface area contributed by atoms with Crippen LogP contribution in [0.25, 0.3) is 0 Å². The average Bonchev–Trinajstić information content (AvgIpc) is 2.84. The molecule has 0 aliphatic carbocycles. The summed E-state index contributed by atoms with van der Waals surface area (Å²) < 4.78 is 1.31. The van der Waals surface area contributed by atoms with Crippen molar-refractivity contribution in [1.29, 1.82) is 0 Å². The Hall–Kier alpha value is -1.77. The number of rotatable bonds is 6. The molecule has 2 N–H and O–H groups in total. The maximum atomic E-state index is 12.1. The number of thioether (sulfide) groups is 1. The molecular weight excluding hydrogens is 296 g/mol. The molecule has 0 unspecified atom stereocenters. The number of hydrogen-bond donors (Lipinski definition) is 2. The summed E-state index contributed by atoms with van der Waals surface area (Å²) >= 11 is 0.959. The van der Waals surface area contributed by atoms with Gasteiger partial charge in [-0.1, -0.05) is 11.8 Å². The monoisotopic (exact) mass is 314 g/mol. The summed E-state index contributed by atoms with van der Waals surface area (Å²) in [4.78, 5) is 36.1. The van der Waals surface area contributed by atoms with E-state index >= 15 is 0 Å². The van der Waals surface area contributed by atoms with Crippen molar-refractivity contribution in [2.24, 2.45) is 0 Å². The number of H-pyrrole nitrogens is 1. The highest BCUT2D eigenvalue weighted by atomic mass is 32.2. The third kappa shape index (κ3) is 4.35. The molecule has 0 radical (unpaired) electrons. The third-order valence-corrected chi connectivity index (χ3v) is 4.27.